The van der Waals surface area contributed by atoms with Crippen molar-refractivity contribution in [1.29, 1.82) is 0 Å². The van der Waals surface area contributed by atoms with E-state index in [4.69, 9.17) is 15.2 Å². The van der Waals surface area contributed by atoms with Gasteiger partial charge in [-0.2, -0.15) is 4.99 Å². The van der Waals surface area contributed by atoms with Crippen molar-refractivity contribution < 1.29 is 9.47 Å². The third-order valence-electron chi connectivity index (χ3n) is 3.95. The van der Waals surface area contributed by atoms with E-state index in [0.717, 1.165) is 22.6 Å². The molecular weight excluding hydrogens is 342 g/mol. The number of nitrogens with two attached hydrogens (primary N) is 1. The molecule has 0 bridgehead atoms. The van der Waals surface area contributed by atoms with Crippen LogP contribution in [-0.2, 0) is 0 Å². The summed E-state index contributed by atoms with van der Waals surface area (Å²) in [4.78, 5) is 12.7. The summed E-state index contributed by atoms with van der Waals surface area (Å²) < 4.78 is 11.7. The Bertz CT molecular complexity index is 984. The number of anilines is 1. The molecule has 1 atom stereocenters. The smallest absolute Gasteiger partial charge is 0.267 e. The van der Waals surface area contributed by atoms with Gasteiger partial charge >= 0.3 is 0 Å². The normalized spacial score (nSPS) is 15.6. The summed E-state index contributed by atoms with van der Waals surface area (Å²) in [6.07, 6.45) is -0.453. The number of rotatable bonds is 3. The average molecular weight is 361 g/mol. The van der Waals surface area contributed by atoms with Gasteiger partial charge in [0.15, 0.2) is 11.5 Å². The lowest BCUT2D eigenvalue weighted by atomic mass is 10.2. The summed E-state index contributed by atoms with van der Waals surface area (Å²) in [5.74, 6) is 1.84. The Kier molecular flexibility index (Phi) is 4.33. The van der Waals surface area contributed by atoms with E-state index in [2.05, 4.69) is 20.3 Å². The highest BCUT2D eigenvalue weighted by Crippen LogP contribution is 2.41. The Balaban J connectivity index is 1.50. The number of aliphatic imine (C=N–C) groups is 1. The standard InChI is InChI=1S/C20H19N5O2/c1-12-10-13(2)23-20(22-12)25-19(21)24-15-8-9-16-17(11-15)27-18(26-16)14-6-4-3-5-7-14/h3-11,18H,1-2H3,(H3,21,22,23,24,25). The molecule has 7 nitrogen and oxygen atoms in total. The third kappa shape index (κ3) is 3.82. The molecule has 4 rings (SSSR count). The van der Waals surface area contributed by atoms with Gasteiger partial charge in [0, 0.05) is 28.7 Å². The molecule has 0 spiro atoms. The lowest BCUT2D eigenvalue weighted by Gasteiger charge is -2.09. The van der Waals surface area contributed by atoms with Crippen molar-refractivity contribution in [2.24, 2.45) is 10.7 Å². The number of nitrogens with one attached hydrogen (secondary N) is 1. The number of nitrogens with zero attached hydrogens (tertiary/aromatic N) is 3. The highest BCUT2D eigenvalue weighted by Gasteiger charge is 2.25. The molecule has 2 heterocycles. The van der Waals surface area contributed by atoms with E-state index < -0.39 is 6.29 Å². The van der Waals surface area contributed by atoms with Crippen LogP contribution in [0.5, 0.6) is 11.5 Å². The summed E-state index contributed by atoms with van der Waals surface area (Å²) in [6.45, 7) is 3.77. The summed E-state index contributed by atoms with van der Waals surface area (Å²) >= 11 is 0. The second-order valence-corrected chi connectivity index (χ2v) is 6.21. The van der Waals surface area contributed by atoms with Crippen LogP contribution in [0.4, 0.5) is 11.6 Å². The molecule has 3 aromatic rings. The molecule has 1 unspecified atom stereocenters. The second-order valence-electron chi connectivity index (χ2n) is 6.21. The molecule has 2 aromatic carbocycles. The first-order valence-corrected chi connectivity index (χ1v) is 8.52. The number of hydrogen-bond donors (Lipinski definition) is 2. The summed E-state index contributed by atoms with van der Waals surface area (Å²) in [5, 5.41) is 3.03. The van der Waals surface area contributed by atoms with E-state index >= 15 is 0 Å². The monoisotopic (exact) mass is 361 g/mol. The van der Waals surface area contributed by atoms with E-state index in [1.165, 1.54) is 0 Å². The Morgan fingerprint density at radius 3 is 2.41 bits per heavy atom. The molecule has 1 aliphatic heterocycles. The molecule has 0 amide bonds. The van der Waals surface area contributed by atoms with Gasteiger partial charge in [-0.1, -0.05) is 30.3 Å². The van der Waals surface area contributed by atoms with Crippen LogP contribution < -0.4 is 20.5 Å². The van der Waals surface area contributed by atoms with Crippen LogP contribution in [0.25, 0.3) is 0 Å². The molecule has 1 aliphatic rings. The van der Waals surface area contributed by atoms with Crippen LogP contribution >= 0.6 is 0 Å². The van der Waals surface area contributed by atoms with E-state index in [1.807, 2.05) is 68.4 Å². The van der Waals surface area contributed by atoms with Crippen LogP contribution in [0.3, 0.4) is 0 Å². The first-order valence-electron chi connectivity index (χ1n) is 8.52. The molecule has 7 heteroatoms. The lowest BCUT2D eigenvalue weighted by Crippen LogP contribution is -2.22. The summed E-state index contributed by atoms with van der Waals surface area (Å²) in [6, 6.07) is 17.2. The van der Waals surface area contributed by atoms with Crippen LogP contribution in [0.1, 0.15) is 23.2 Å². The molecule has 27 heavy (non-hydrogen) atoms. The van der Waals surface area contributed by atoms with Gasteiger partial charge in [-0.15, -0.1) is 0 Å². The molecule has 0 aliphatic carbocycles. The van der Waals surface area contributed by atoms with Crippen molar-refractivity contribution in [3.05, 3.63) is 71.5 Å². The number of aromatic nitrogens is 2. The van der Waals surface area contributed by atoms with Crippen LogP contribution in [0.2, 0.25) is 0 Å². The molecule has 0 saturated heterocycles. The molecule has 1 aromatic heterocycles. The fraction of sp³-hybridized carbons (Fsp3) is 0.150. The van der Waals surface area contributed by atoms with Crippen molar-refractivity contribution in [3.8, 4) is 11.5 Å². The summed E-state index contributed by atoms with van der Waals surface area (Å²) in [5.41, 5.74) is 9.35. The first-order chi connectivity index (χ1) is 13.1. The molecule has 136 valence electrons. The highest BCUT2D eigenvalue weighted by atomic mass is 16.7. The first kappa shape index (κ1) is 16.8. The van der Waals surface area contributed by atoms with E-state index in [1.54, 1.807) is 0 Å². The van der Waals surface area contributed by atoms with Crippen molar-refractivity contribution in [2.45, 2.75) is 20.1 Å². The van der Waals surface area contributed by atoms with Crippen molar-refractivity contribution in [1.82, 2.24) is 9.97 Å². The third-order valence-corrected chi connectivity index (χ3v) is 3.95. The topological polar surface area (TPSA) is 94.7 Å². The van der Waals surface area contributed by atoms with Crippen molar-refractivity contribution in [3.63, 3.8) is 0 Å². The quantitative estimate of drug-likeness (QED) is 0.546. The van der Waals surface area contributed by atoms with Crippen LogP contribution in [0, 0.1) is 13.8 Å². The predicted molar refractivity (Wildman–Crippen MR) is 103 cm³/mol. The largest absolute Gasteiger partial charge is 0.447 e. The minimum atomic E-state index is -0.453. The van der Waals surface area contributed by atoms with E-state index in [0.29, 0.717) is 17.4 Å². The van der Waals surface area contributed by atoms with Gasteiger partial charge in [-0.05, 0) is 32.0 Å². The number of benzene rings is 2. The zero-order chi connectivity index (χ0) is 18.8. The number of ether oxygens (including phenoxy) is 2. The summed E-state index contributed by atoms with van der Waals surface area (Å²) in [7, 11) is 0. The maximum Gasteiger partial charge on any atom is 0.267 e. The Morgan fingerprint density at radius 2 is 1.67 bits per heavy atom. The van der Waals surface area contributed by atoms with Gasteiger partial charge in [0.2, 0.25) is 5.96 Å². The maximum atomic E-state index is 5.99. The van der Waals surface area contributed by atoms with Gasteiger partial charge in [0.25, 0.3) is 12.2 Å². The van der Waals surface area contributed by atoms with Gasteiger partial charge in [-0.25, -0.2) is 9.97 Å². The maximum absolute atomic E-state index is 5.99. The van der Waals surface area contributed by atoms with Crippen molar-refractivity contribution >= 4 is 17.6 Å². The number of fused-ring (bicyclic) bond motifs is 1. The highest BCUT2D eigenvalue weighted by molar-refractivity contribution is 5.93. The SMILES string of the molecule is Cc1cc(C)nc(/N=C(\N)Nc2ccc3c(c2)OC(c2ccccc2)O3)n1. The van der Waals surface area contributed by atoms with Gasteiger partial charge < -0.3 is 20.5 Å². The predicted octanol–water partition coefficient (Wildman–Crippen LogP) is 3.62. The fourth-order valence-corrected chi connectivity index (χ4v) is 2.82. The zero-order valence-electron chi connectivity index (χ0n) is 15.0. The van der Waals surface area contributed by atoms with Crippen molar-refractivity contribution in [2.75, 3.05) is 5.32 Å². The Labute approximate surface area is 156 Å². The molecule has 0 fully saturated rings. The molecule has 0 radical (unpaired) electrons. The van der Waals surface area contributed by atoms with Crippen LogP contribution in [-0.4, -0.2) is 15.9 Å². The van der Waals surface area contributed by atoms with Crippen LogP contribution in [0.15, 0.2) is 59.6 Å². The molecular formula is C20H19N5O2. The minimum Gasteiger partial charge on any atom is -0.447 e. The number of hydrogen-bond acceptors (Lipinski definition) is 5. The minimum absolute atomic E-state index is 0.193. The van der Waals surface area contributed by atoms with E-state index in [9.17, 15) is 0 Å². The van der Waals surface area contributed by atoms with E-state index in [-0.39, 0.29) is 5.96 Å². The average Bonchev–Trinajstić information content (AvgIpc) is 3.05. The zero-order valence-corrected chi connectivity index (χ0v) is 15.0. The number of guanidine groups is 1. The Morgan fingerprint density at radius 1 is 0.963 bits per heavy atom. The van der Waals surface area contributed by atoms with Gasteiger partial charge in [0.05, 0.1) is 0 Å². The lowest BCUT2D eigenvalue weighted by molar-refractivity contribution is 0.0487. The fourth-order valence-electron chi connectivity index (χ4n) is 2.82. The second kappa shape index (κ2) is 6.95. The van der Waals surface area contributed by atoms with Gasteiger partial charge in [-0.3, -0.25) is 0 Å². The number of aryl methyl sites for hydroxylation is 2. The molecule has 0 saturated carbocycles. The molecule has 3 N–H and O–H groups in total. The van der Waals surface area contributed by atoms with Gasteiger partial charge in [0.1, 0.15) is 0 Å². The Hall–Kier alpha value is -3.61.